The van der Waals surface area contributed by atoms with Gasteiger partial charge in [0.25, 0.3) is 11.1 Å². The van der Waals surface area contributed by atoms with Gasteiger partial charge in [-0.1, -0.05) is 48.0 Å². The van der Waals surface area contributed by atoms with Crippen molar-refractivity contribution in [3.05, 3.63) is 93.6 Å². The molecule has 0 bridgehead atoms. The molecule has 3 aromatic rings. The Morgan fingerprint density at radius 1 is 1.03 bits per heavy atom. The van der Waals surface area contributed by atoms with Gasteiger partial charge in [-0.05, 0) is 48.2 Å². The topological polar surface area (TPSA) is 90.0 Å². The van der Waals surface area contributed by atoms with Crippen LogP contribution in [0.25, 0.3) is 6.08 Å². The molecule has 0 saturated carbocycles. The summed E-state index contributed by atoms with van der Waals surface area (Å²) in [7, 11) is -2.88. The Bertz CT molecular complexity index is 1420. The number of benzene rings is 3. The molecule has 0 aliphatic carbocycles. The molecule has 11 heteroatoms. The summed E-state index contributed by atoms with van der Waals surface area (Å²) < 4.78 is 50.5. The van der Waals surface area contributed by atoms with Crippen LogP contribution in [0.1, 0.15) is 11.1 Å². The van der Waals surface area contributed by atoms with Gasteiger partial charge in [0.15, 0.2) is 11.5 Å². The maximum atomic E-state index is 14.2. The van der Waals surface area contributed by atoms with Gasteiger partial charge >= 0.3 is 10.1 Å². The van der Waals surface area contributed by atoms with Crippen LogP contribution in [0.5, 0.6) is 11.5 Å². The highest BCUT2D eigenvalue weighted by molar-refractivity contribution is 8.18. The Hall–Kier alpha value is -3.34. The lowest BCUT2D eigenvalue weighted by Gasteiger charge is -2.14. The highest BCUT2D eigenvalue weighted by Crippen LogP contribution is 2.39. The number of carbonyl (C=O) groups excluding carboxylic acids is 2. The highest BCUT2D eigenvalue weighted by atomic mass is 35.5. The summed E-state index contributed by atoms with van der Waals surface area (Å²) in [6.07, 6.45) is 1.33. The largest absolute Gasteiger partial charge is 0.493 e. The smallest absolute Gasteiger partial charge is 0.339 e. The molecule has 0 unspecified atom stereocenters. The lowest BCUT2D eigenvalue weighted by molar-refractivity contribution is -0.123. The summed E-state index contributed by atoms with van der Waals surface area (Å²) in [6.45, 7) is -0.350. The van der Waals surface area contributed by atoms with Crippen molar-refractivity contribution in [3.8, 4) is 11.5 Å². The lowest BCUT2D eigenvalue weighted by Crippen LogP contribution is -2.28. The first-order chi connectivity index (χ1) is 16.7. The molecule has 1 saturated heterocycles. The van der Waals surface area contributed by atoms with E-state index >= 15 is 0 Å². The second kappa shape index (κ2) is 10.1. The Balaban J connectivity index is 1.68. The number of amides is 2. The first kappa shape index (κ1) is 24.8. The van der Waals surface area contributed by atoms with Crippen LogP contribution >= 0.6 is 23.4 Å². The van der Waals surface area contributed by atoms with Gasteiger partial charge in [-0.3, -0.25) is 14.5 Å². The van der Waals surface area contributed by atoms with Crippen molar-refractivity contribution in [1.82, 2.24) is 4.90 Å². The van der Waals surface area contributed by atoms with E-state index in [9.17, 15) is 22.4 Å². The van der Waals surface area contributed by atoms with Gasteiger partial charge in [0.05, 0.1) is 18.6 Å². The van der Waals surface area contributed by atoms with E-state index in [0.29, 0.717) is 11.8 Å². The Kier molecular flexibility index (Phi) is 7.15. The van der Waals surface area contributed by atoms with Gasteiger partial charge in [0.1, 0.15) is 10.7 Å². The fourth-order valence-electron chi connectivity index (χ4n) is 3.26. The zero-order chi connectivity index (χ0) is 25.2. The minimum Gasteiger partial charge on any atom is -0.493 e. The predicted molar refractivity (Wildman–Crippen MR) is 130 cm³/mol. The third kappa shape index (κ3) is 5.19. The summed E-state index contributed by atoms with van der Waals surface area (Å²) in [4.78, 5) is 26.3. The van der Waals surface area contributed by atoms with Gasteiger partial charge in [-0.25, -0.2) is 4.39 Å². The molecule has 4 rings (SSSR count). The molecule has 1 aliphatic rings. The van der Waals surface area contributed by atoms with E-state index in [2.05, 4.69) is 0 Å². The quantitative estimate of drug-likeness (QED) is 0.293. The summed E-state index contributed by atoms with van der Waals surface area (Å²) in [6, 6.07) is 16.2. The van der Waals surface area contributed by atoms with Crippen LogP contribution in [-0.4, -0.2) is 31.6 Å². The number of hydrogen-bond acceptors (Lipinski definition) is 7. The minimum absolute atomic E-state index is 0.00215. The fourth-order valence-corrected chi connectivity index (χ4v) is 5.30. The molecule has 3 aromatic carbocycles. The number of carbonyl (C=O) groups is 2. The van der Waals surface area contributed by atoms with Gasteiger partial charge < -0.3 is 8.92 Å². The number of hydrogen-bond donors (Lipinski definition) is 0. The van der Waals surface area contributed by atoms with E-state index in [1.165, 1.54) is 55.7 Å². The van der Waals surface area contributed by atoms with Crippen molar-refractivity contribution in [1.29, 1.82) is 0 Å². The first-order valence-electron chi connectivity index (χ1n) is 10.1. The average molecular weight is 534 g/mol. The zero-order valence-corrected chi connectivity index (χ0v) is 20.5. The Labute approximate surface area is 210 Å². The number of thioether (sulfide) groups is 1. The first-order valence-corrected chi connectivity index (χ1v) is 12.7. The average Bonchev–Trinajstić information content (AvgIpc) is 3.10. The van der Waals surface area contributed by atoms with Crippen LogP contribution in [0.2, 0.25) is 5.02 Å². The molecule has 0 radical (unpaired) electrons. The van der Waals surface area contributed by atoms with E-state index in [1.807, 2.05) is 0 Å². The van der Waals surface area contributed by atoms with Crippen molar-refractivity contribution in [3.63, 3.8) is 0 Å². The molecule has 35 heavy (non-hydrogen) atoms. The molecule has 0 spiro atoms. The second-order valence-electron chi connectivity index (χ2n) is 7.20. The number of para-hydroxylation sites is 1. The van der Waals surface area contributed by atoms with Gasteiger partial charge in [-0.15, -0.1) is 0 Å². The zero-order valence-electron chi connectivity index (χ0n) is 18.1. The van der Waals surface area contributed by atoms with E-state index in [1.54, 1.807) is 24.3 Å². The molecule has 0 atom stereocenters. The number of halogens is 2. The molecule has 0 N–H and O–H groups in total. The number of imide groups is 1. The standard InChI is InChI=1S/C24H17ClFNO6S2/c1-32-20-12-5-7-15(22(20)33-35(30,31)16-8-3-2-4-9-16)13-21-23(28)27(24(29)34-21)14-17-18(25)10-6-11-19(17)26/h2-13H,14H2,1H3/b21-13-. The van der Waals surface area contributed by atoms with Crippen LogP contribution in [0.4, 0.5) is 9.18 Å². The summed E-state index contributed by atoms with van der Waals surface area (Å²) in [5.74, 6) is -1.37. The Morgan fingerprint density at radius 2 is 1.74 bits per heavy atom. The molecule has 1 fully saturated rings. The third-order valence-electron chi connectivity index (χ3n) is 4.99. The third-order valence-corrected chi connectivity index (χ3v) is 7.49. The van der Waals surface area contributed by atoms with Crippen LogP contribution in [0.3, 0.4) is 0 Å². The molecule has 7 nitrogen and oxygen atoms in total. The summed E-state index contributed by atoms with van der Waals surface area (Å²) in [5, 5.41) is -0.537. The lowest BCUT2D eigenvalue weighted by atomic mass is 10.1. The number of ether oxygens (including phenoxy) is 1. The molecule has 0 aromatic heterocycles. The molecule has 180 valence electrons. The molecule has 2 amide bonds. The predicted octanol–water partition coefficient (Wildman–Crippen LogP) is 5.49. The van der Waals surface area contributed by atoms with Crippen LogP contribution < -0.4 is 8.92 Å². The number of nitrogens with zero attached hydrogens (tertiary/aromatic N) is 1. The fraction of sp³-hybridized carbons (Fsp3) is 0.0833. The van der Waals surface area contributed by atoms with Crippen LogP contribution in [0, 0.1) is 5.82 Å². The van der Waals surface area contributed by atoms with Crippen molar-refractivity contribution in [2.24, 2.45) is 0 Å². The normalized spacial score (nSPS) is 15.1. The second-order valence-corrected chi connectivity index (χ2v) is 10.1. The van der Waals surface area contributed by atoms with E-state index < -0.39 is 27.1 Å². The minimum atomic E-state index is -4.22. The number of rotatable bonds is 7. The van der Waals surface area contributed by atoms with Gasteiger partial charge in [-0.2, -0.15) is 8.42 Å². The monoisotopic (exact) mass is 533 g/mol. The van der Waals surface area contributed by atoms with Crippen LogP contribution in [0.15, 0.2) is 76.5 Å². The number of methoxy groups -OCH3 is 1. The van der Waals surface area contributed by atoms with Crippen LogP contribution in [-0.2, 0) is 21.5 Å². The van der Waals surface area contributed by atoms with E-state index in [0.717, 1.165) is 4.90 Å². The highest BCUT2D eigenvalue weighted by Gasteiger charge is 2.36. The van der Waals surface area contributed by atoms with E-state index in [4.69, 9.17) is 20.5 Å². The molecular weight excluding hydrogens is 517 g/mol. The van der Waals surface area contributed by atoms with E-state index in [-0.39, 0.29) is 44.0 Å². The SMILES string of the molecule is COc1cccc(/C=C2\SC(=O)N(Cc3c(F)cccc3Cl)C2=O)c1OS(=O)(=O)c1ccccc1. The maximum Gasteiger partial charge on any atom is 0.339 e. The van der Waals surface area contributed by atoms with Crippen molar-refractivity contribution >= 4 is 50.7 Å². The van der Waals surface area contributed by atoms with Crippen molar-refractivity contribution in [2.75, 3.05) is 7.11 Å². The maximum absolute atomic E-state index is 14.2. The molecule has 1 heterocycles. The van der Waals surface area contributed by atoms with Gasteiger partial charge in [0, 0.05) is 16.1 Å². The molecule has 1 aliphatic heterocycles. The summed E-state index contributed by atoms with van der Waals surface area (Å²) >= 11 is 6.67. The Morgan fingerprint density at radius 3 is 2.43 bits per heavy atom. The van der Waals surface area contributed by atoms with Crippen molar-refractivity contribution < 1.29 is 31.3 Å². The summed E-state index contributed by atoms with van der Waals surface area (Å²) in [5.41, 5.74) is 0.204. The van der Waals surface area contributed by atoms with Crippen molar-refractivity contribution in [2.45, 2.75) is 11.4 Å². The molecular formula is C24H17ClFNO6S2. The van der Waals surface area contributed by atoms with Gasteiger partial charge in [0.2, 0.25) is 0 Å².